The first-order valence-electron chi connectivity index (χ1n) is 5.10. The van der Waals surface area contributed by atoms with E-state index in [1.54, 1.807) is 0 Å². The van der Waals surface area contributed by atoms with Crippen molar-refractivity contribution in [3.05, 3.63) is 12.7 Å². The molecular formula is C11H17NO. The Bertz CT molecular complexity index is 232. The summed E-state index contributed by atoms with van der Waals surface area (Å²) in [6, 6.07) is 0. The lowest BCUT2D eigenvalue weighted by Crippen LogP contribution is -2.63. The van der Waals surface area contributed by atoms with Gasteiger partial charge in [0.05, 0.1) is 0 Å². The minimum absolute atomic E-state index is 0.102. The Balaban J connectivity index is 1.79. The molecule has 1 aliphatic heterocycles. The fourth-order valence-corrected chi connectivity index (χ4v) is 2.76. The molecule has 2 fully saturated rings. The van der Waals surface area contributed by atoms with Crippen LogP contribution >= 0.6 is 0 Å². The highest BCUT2D eigenvalue weighted by atomic mass is 16.2. The van der Waals surface area contributed by atoms with Crippen molar-refractivity contribution in [1.29, 1.82) is 0 Å². The summed E-state index contributed by atoms with van der Waals surface area (Å²) in [6.07, 6.45) is 5.40. The van der Waals surface area contributed by atoms with Crippen LogP contribution in [-0.4, -0.2) is 23.9 Å². The zero-order valence-corrected chi connectivity index (χ0v) is 8.25. The Labute approximate surface area is 79.6 Å². The highest BCUT2D eigenvalue weighted by Gasteiger charge is 2.52. The van der Waals surface area contributed by atoms with Crippen molar-refractivity contribution in [2.24, 2.45) is 11.3 Å². The summed E-state index contributed by atoms with van der Waals surface area (Å²) in [6.45, 7) is 7.71. The fraction of sp³-hybridized carbons (Fsp3) is 0.727. The van der Waals surface area contributed by atoms with E-state index in [1.165, 1.54) is 25.3 Å². The van der Waals surface area contributed by atoms with Crippen molar-refractivity contribution in [2.45, 2.75) is 26.2 Å². The first kappa shape index (κ1) is 8.79. The predicted molar refractivity (Wildman–Crippen MR) is 52.2 cm³/mol. The number of nitrogens with zero attached hydrogens (tertiary/aromatic N) is 1. The van der Waals surface area contributed by atoms with Crippen LogP contribution in [0.1, 0.15) is 26.2 Å². The van der Waals surface area contributed by atoms with Gasteiger partial charge in [0.1, 0.15) is 0 Å². The molecule has 0 N–H and O–H groups in total. The van der Waals surface area contributed by atoms with Gasteiger partial charge in [0, 0.05) is 18.5 Å². The standard InChI is InChI=1S/C11H17NO/c1-3-9-5-11(6-9)7-12(8-11)10(13)4-2/h4,9H,2-3,5-8H2,1H3. The third-order valence-corrected chi connectivity index (χ3v) is 3.56. The molecule has 72 valence electrons. The predicted octanol–water partition coefficient (Wildman–Crippen LogP) is 1.82. The van der Waals surface area contributed by atoms with Crippen molar-refractivity contribution in [1.82, 2.24) is 4.90 Å². The summed E-state index contributed by atoms with van der Waals surface area (Å²) in [4.78, 5) is 13.1. The molecule has 1 saturated carbocycles. The first-order valence-corrected chi connectivity index (χ1v) is 5.10. The summed E-state index contributed by atoms with van der Waals surface area (Å²) in [7, 11) is 0. The number of hydrogen-bond donors (Lipinski definition) is 0. The lowest BCUT2D eigenvalue weighted by Gasteiger charge is -2.59. The van der Waals surface area contributed by atoms with Gasteiger partial charge >= 0.3 is 0 Å². The molecule has 2 rings (SSSR count). The smallest absolute Gasteiger partial charge is 0.245 e. The largest absolute Gasteiger partial charge is 0.338 e. The van der Waals surface area contributed by atoms with Crippen molar-refractivity contribution >= 4 is 5.91 Å². The van der Waals surface area contributed by atoms with Crippen LogP contribution in [0.3, 0.4) is 0 Å². The molecular weight excluding hydrogens is 162 g/mol. The third kappa shape index (κ3) is 1.28. The van der Waals surface area contributed by atoms with E-state index in [0.717, 1.165) is 19.0 Å². The maximum atomic E-state index is 11.2. The Kier molecular flexibility index (Phi) is 1.94. The van der Waals surface area contributed by atoms with E-state index in [4.69, 9.17) is 0 Å². The quantitative estimate of drug-likeness (QED) is 0.592. The Morgan fingerprint density at radius 1 is 1.62 bits per heavy atom. The summed E-state index contributed by atoms with van der Waals surface area (Å²) < 4.78 is 0. The molecule has 13 heavy (non-hydrogen) atoms. The Morgan fingerprint density at radius 2 is 2.23 bits per heavy atom. The average molecular weight is 179 g/mol. The molecule has 0 bridgehead atoms. The minimum Gasteiger partial charge on any atom is -0.338 e. The van der Waals surface area contributed by atoms with Crippen molar-refractivity contribution in [2.75, 3.05) is 13.1 Å². The molecule has 1 heterocycles. The molecule has 0 aromatic rings. The third-order valence-electron chi connectivity index (χ3n) is 3.56. The Hall–Kier alpha value is -0.790. The molecule has 1 saturated heterocycles. The van der Waals surface area contributed by atoms with Gasteiger partial charge in [-0.05, 0) is 24.8 Å². The van der Waals surface area contributed by atoms with E-state index in [0.29, 0.717) is 5.41 Å². The van der Waals surface area contributed by atoms with Gasteiger partial charge in [-0.25, -0.2) is 0 Å². The van der Waals surface area contributed by atoms with Gasteiger partial charge in [0.15, 0.2) is 0 Å². The monoisotopic (exact) mass is 179 g/mol. The highest BCUT2D eigenvalue weighted by Crippen LogP contribution is 2.52. The van der Waals surface area contributed by atoms with Crippen LogP contribution in [0.15, 0.2) is 12.7 Å². The van der Waals surface area contributed by atoms with Gasteiger partial charge in [-0.15, -0.1) is 0 Å². The van der Waals surface area contributed by atoms with E-state index in [-0.39, 0.29) is 5.91 Å². The van der Waals surface area contributed by atoms with Crippen molar-refractivity contribution in [3.8, 4) is 0 Å². The number of carbonyl (C=O) groups is 1. The van der Waals surface area contributed by atoms with Crippen LogP contribution < -0.4 is 0 Å². The summed E-state index contributed by atoms with van der Waals surface area (Å²) in [5, 5.41) is 0. The van der Waals surface area contributed by atoms with Gasteiger partial charge in [-0.2, -0.15) is 0 Å². The normalized spacial score (nSPS) is 25.2. The second kappa shape index (κ2) is 2.86. The summed E-state index contributed by atoms with van der Waals surface area (Å²) in [5.41, 5.74) is 0.527. The molecule has 2 heteroatoms. The molecule has 1 amide bonds. The van der Waals surface area contributed by atoms with Crippen LogP contribution in [-0.2, 0) is 4.79 Å². The Morgan fingerprint density at radius 3 is 2.69 bits per heavy atom. The SMILES string of the molecule is C=CC(=O)N1CC2(CC(CC)C2)C1. The van der Waals surface area contributed by atoms with Crippen LogP contribution in [0.2, 0.25) is 0 Å². The topological polar surface area (TPSA) is 20.3 Å². The lowest BCUT2D eigenvalue weighted by molar-refractivity contribution is -0.149. The van der Waals surface area contributed by atoms with Crippen LogP contribution in [0, 0.1) is 11.3 Å². The zero-order chi connectivity index (χ0) is 9.47. The van der Waals surface area contributed by atoms with E-state index in [9.17, 15) is 4.79 Å². The molecule has 0 aromatic heterocycles. The second-order valence-electron chi connectivity index (χ2n) is 4.58. The van der Waals surface area contributed by atoms with E-state index in [1.807, 2.05) is 4.90 Å². The fourth-order valence-electron chi connectivity index (χ4n) is 2.76. The first-order chi connectivity index (χ1) is 6.19. The molecule has 0 aromatic carbocycles. The van der Waals surface area contributed by atoms with Gasteiger partial charge in [-0.3, -0.25) is 4.79 Å². The van der Waals surface area contributed by atoms with Gasteiger partial charge in [-0.1, -0.05) is 19.9 Å². The summed E-state index contributed by atoms with van der Waals surface area (Å²) in [5.74, 6) is 1.03. The minimum atomic E-state index is 0.102. The molecule has 2 nitrogen and oxygen atoms in total. The van der Waals surface area contributed by atoms with Gasteiger partial charge in [0.2, 0.25) is 5.91 Å². The maximum Gasteiger partial charge on any atom is 0.245 e. The van der Waals surface area contributed by atoms with Crippen LogP contribution in [0.4, 0.5) is 0 Å². The zero-order valence-electron chi connectivity index (χ0n) is 8.25. The van der Waals surface area contributed by atoms with Crippen LogP contribution in [0.5, 0.6) is 0 Å². The van der Waals surface area contributed by atoms with Crippen molar-refractivity contribution in [3.63, 3.8) is 0 Å². The van der Waals surface area contributed by atoms with E-state index in [2.05, 4.69) is 13.5 Å². The number of hydrogen-bond acceptors (Lipinski definition) is 1. The van der Waals surface area contributed by atoms with Gasteiger partial charge < -0.3 is 4.90 Å². The molecule has 0 unspecified atom stereocenters. The van der Waals surface area contributed by atoms with Crippen LogP contribution in [0.25, 0.3) is 0 Å². The van der Waals surface area contributed by atoms with Gasteiger partial charge in [0.25, 0.3) is 0 Å². The second-order valence-corrected chi connectivity index (χ2v) is 4.58. The summed E-state index contributed by atoms with van der Waals surface area (Å²) >= 11 is 0. The number of likely N-dealkylation sites (tertiary alicyclic amines) is 1. The lowest BCUT2D eigenvalue weighted by atomic mass is 9.57. The number of rotatable bonds is 2. The number of carbonyl (C=O) groups excluding carboxylic acids is 1. The average Bonchev–Trinajstić information content (AvgIpc) is 1.99. The molecule has 1 aliphatic carbocycles. The molecule has 0 radical (unpaired) electrons. The van der Waals surface area contributed by atoms with E-state index < -0.39 is 0 Å². The molecule has 1 spiro atoms. The number of amides is 1. The highest BCUT2D eigenvalue weighted by molar-refractivity contribution is 5.87. The van der Waals surface area contributed by atoms with E-state index >= 15 is 0 Å². The molecule has 0 atom stereocenters. The maximum absolute atomic E-state index is 11.2. The van der Waals surface area contributed by atoms with Crippen molar-refractivity contribution < 1.29 is 4.79 Å². The molecule has 2 aliphatic rings.